The molecular weight excluding hydrogens is 172 g/mol. The van der Waals surface area contributed by atoms with E-state index >= 15 is 0 Å². The highest BCUT2D eigenvalue weighted by molar-refractivity contribution is 4.92. The SMILES string of the molecule is CC(C)N1CCCN(C)C1(C)C(C)C. The fraction of sp³-hybridized carbons (Fsp3) is 1.00. The Hall–Kier alpha value is -0.0800. The van der Waals surface area contributed by atoms with E-state index < -0.39 is 0 Å². The Kier molecular flexibility index (Phi) is 3.59. The molecule has 0 radical (unpaired) electrons. The van der Waals surface area contributed by atoms with Gasteiger partial charge < -0.3 is 0 Å². The van der Waals surface area contributed by atoms with Gasteiger partial charge in [0.25, 0.3) is 0 Å². The van der Waals surface area contributed by atoms with Crippen molar-refractivity contribution in [2.45, 2.75) is 52.7 Å². The highest BCUT2D eigenvalue weighted by atomic mass is 15.4. The fourth-order valence-corrected chi connectivity index (χ4v) is 2.70. The van der Waals surface area contributed by atoms with Crippen molar-refractivity contribution in [2.24, 2.45) is 5.92 Å². The first-order valence-electron chi connectivity index (χ1n) is 5.88. The van der Waals surface area contributed by atoms with Gasteiger partial charge in [-0.15, -0.1) is 0 Å². The first kappa shape index (κ1) is 12.0. The minimum absolute atomic E-state index is 0.242. The third-order valence-corrected chi connectivity index (χ3v) is 3.96. The van der Waals surface area contributed by atoms with Gasteiger partial charge in [0.15, 0.2) is 0 Å². The third kappa shape index (κ3) is 1.82. The van der Waals surface area contributed by atoms with E-state index in [9.17, 15) is 0 Å². The average Bonchev–Trinajstić information content (AvgIpc) is 2.08. The van der Waals surface area contributed by atoms with Gasteiger partial charge in [0.1, 0.15) is 0 Å². The molecule has 84 valence electrons. The Morgan fingerprint density at radius 3 is 2.00 bits per heavy atom. The summed E-state index contributed by atoms with van der Waals surface area (Å²) in [6, 6.07) is 0.644. The normalized spacial score (nSPS) is 31.7. The summed E-state index contributed by atoms with van der Waals surface area (Å²) in [7, 11) is 2.26. The van der Waals surface area contributed by atoms with Crippen molar-refractivity contribution in [3.05, 3.63) is 0 Å². The summed E-state index contributed by atoms with van der Waals surface area (Å²) in [6.07, 6.45) is 1.30. The van der Waals surface area contributed by atoms with E-state index in [1.54, 1.807) is 0 Å². The molecule has 0 bridgehead atoms. The molecule has 0 spiro atoms. The quantitative estimate of drug-likeness (QED) is 0.672. The maximum absolute atomic E-state index is 2.64. The van der Waals surface area contributed by atoms with Crippen LogP contribution in [-0.4, -0.2) is 41.6 Å². The standard InChI is InChI=1S/C12H26N2/c1-10(2)12(5)13(6)8-7-9-14(12)11(3)4/h10-11H,7-9H2,1-6H3. The summed E-state index contributed by atoms with van der Waals surface area (Å²) < 4.78 is 0. The smallest absolute Gasteiger partial charge is 0.0732 e. The number of rotatable bonds is 2. The van der Waals surface area contributed by atoms with Crippen molar-refractivity contribution >= 4 is 0 Å². The lowest BCUT2D eigenvalue weighted by molar-refractivity contribution is -0.109. The van der Waals surface area contributed by atoms with Crippen LogP contribution in [0, 0.1) is 5.92 Å². The van der Waals surface area contributed by atoms with Crippen LogP contribution in [0.15, 0.2) is 0 Å². The van der Waals surface area contributed by atoms with Crippen molar-refractivity contribution in [1.82, 2.24) is 9.80 Å². The zero-order chi connectivity index (χ0) is 10.9. The lowest BCUT2D eigenvalue weighted by Gasteiger charge is -2.55. The topological polar surface area (TPSA) is 6.48 Å². The van der Waals surface area contributed by atoms with Gasteiger partial charge >= 0.3 is 0 Å². The second kappa shape index (κ2) is 4.19. The van der Waals surface area contributed by atoms with E-state index in [0.717, 1.165) is 0 Å². The molecular formula is C12H26N2. The van der Waals surface area contributed by atoms with Gasteiger partial charge in [-0.2, -0.15) is 0 Å². The van der Waals surface area contributed by atoms with Crippen LogP contribution in [0.5, 0.6) is 0 Å². The Morgan fingerprint density at radius 1 is 1.07 bits per heavy atom. The van der Waals surface area contributed by atoms with Gasteiger partial charge in [0, 0.05) is 19.1 Å². The molecule has 0 aliphatic carbocycles. The molecule has 0 saturated carbocycles. The summed E-state index contributed by atoms with van der Waals surface area (Å²) in [6.45, 7) is 14.1. The molecule has 0 aromatic heterocycles. The molecule has 0 amide bonds. The second-order valence-electron chi connectivity index (χ2n) is 5.31. The molecule has 0 aromatic rings. The predicted molar refractivity (Wildman–Crippen MR) is 62.3 cm³/mol. The molecule has 1 unspecified atom stereocenters. The monoisotopic (exact) mass is 198 g/mol. The van der Waals surface area contributed by atoms with Crippen molar-refractivity contribution in [3.8, 4) is 0 Å². The summed E-state index contributed by atoms with van der Waals surface area (Å²) >= 11 is 0. The zero-order valence-electron chi connectivity index (χ0n) is 10.7. The van der Waals surface area contributed by atoms with E-state index in [1.807, 2.05) is 0 Å². The molecule has 1 atom stereocenters. The number of hydrogen-bond acceptors (Lipinski definition) is 2. The largest absolute Gasteiger partial charge is 0.288 e. The highest BCUT2D eigenvalue weighted by Gasteiger charge is 2.42. The molecule has 1 rings (SSSR count). The molecule has 1 aliphatic heterocycles. The van der Waals surface area contributed by atoms with Crippen LogP contribution in [0.1, 0.15) is 41.0 Å². The van der Waals surface area contributed by atoms with Gasteiger partial charge in [-0.3, -0.25) is 9.80 Å². The summed E-state index contributed by atoms with van der Waals surface area (Å²) in [5.41, 5.74) is 0.242. The molecule has 0 aromatic carbocycles. The zero-order valence-corrected chi connectivity index (χ0v) is 10.7. The number of hydrogen-bond donors (Lipinski definition) is 0. The van der Waals surface area contributed by atoms with Gasteiger partial charge in [-0.1, -0.05) is 13.8 Å². The molecule has 2 nitrogen and oxygen atoms in total. The fourth-order valence-electron chi connectivity index (χ4n) is 2.70. The maximum atomic E-state index is 2.64. The van der Waals surface area contributed by atoms with E-state index in [4.69, 9.17) is 0 Å². The van der Waals surface area contributed by atoms with E-state index in [0.29, 0.717) is 12.0 Å². The first-order valence-corrected chi connectivity index (χ1v) is 5.88. The van der Waals surface area contributed by atoms with Crippen LogP contribution in [0.3, 0.4) is 0 Å². The molecule has 1 fully saturated rings. The molecule has 1 heterocycles. The molecule has 1 saturated heterocycles. The summed E-state index contributed by atoms with van der Waals surface area (Å²) in [5.74, 6) is 0.676. The van der Waals surface area contributed by atoms with Crippen LogP contribution in [0.25, 0.3) is 0 Å². The van der Waals surface area contributed by atoms with Crippen LogP contribution in [-0.2, 0) is 0 Å². The Balaban J connectivity index is 2.91. The average molecular weight is 198 g/mol. The predicted octanol–water partition coefficient (Wildman–Crippen LogP) is 2.40. The molecule has 2 heteroatoms. The lowest BCUT2D eigenvalue weighted by atomic mass is 9.90. The van der Waals surface area contributed by atoms with E-state index in [1.165, 1.54) is 19.5 Å². The molecule has 14 heavy (non-hydrogen) atoms. The van der Waals surface area contributed by atoms with Gasteiger partial charge in [-0.25, -0.2) is 0 Å². The van der Waals surface area contributed by atoms with Crippen molar-refractivity contribution in [2.75, 3.05) is 20.1 Å². The molecule has 1 aliphatic rings. The minimum Gasteiger partial charge on any atom is -0.288 e. The maximum Gasteiger partial charge on any atom is 0.0732 e. The van der Waals surface area contributed by atoms with Crippen molar-refractivity contribution in [3.63, 3.8) is 0 Å². The van der Waals surface area contributed by atoms with Gasteiger partial charge in [0.05, 0.1) is 5.66 Å². The van der Waals surface area contributed by atoms with Crippen LogP contribution >= 0.6 is 0 Å². The van der Waals surface area contributed by atoms with Crippen LogP contribution < -0.4 is 0 Å². The molecule has 0 N–H and O–H groups in total. The van der Waals surface area contributed by atoms with Crippen molar-refractivity contribution in [1.29, 1.82) is 0 Å². The van der Waals surface area contributed by atoms with E-state index in [2.05, 4.69) is 51.5 Å². The first-order chi connectivity index (χ1) is 6.40. The van der Waals surface area contributed by atoms with E-state index in [-0.39, 0.29) is 5.66 Å². The minimum atomic E-state index is 0.242. The van der Waals surface area contributed by atoms with Crippen LogP contribution in [0.4, 0.5) is 0 Å². The Morgan fingerprint density at radius 2 is 1.64 bits per heavy atom. The van der Waals surface area contributed by atoms with Gasteiger partial charge in [-0.05, 0) is 40.2 Å². The van der Waals surface area contributed by atoms with Crippen molar-refractivity contribution < 1.29 is 0 Å². The van der Waals surface area contributed by atoms with Gasteiger partial charge in [0.2, 0.25) is 0 Å². The lowest BCUT2D eigenvalue weighted by Crippen LogP contribution is -2.66. The summed E-state index contributed by atoms with van der Waals surface area (Å²) in [4.78, 5) is 5.16. The second-order valence-corrected chi connectivity index (χ2v) is 5.31. The van der Waals surface area contributed by atoms with Crippen LogP contribution in [0.2, 0.25) is 0 Å². The number of nitrogens with zero attached hydrogens (tertiary/aromatic N) is 2. The third-order valence-electron chi connectivity index (χ3n) is 3.96. The Bertz CT molecular complexity index is 189. The highest BCUT2D eigenvalue weighted by Crippen LogP contribution is 2.32. The summed E-state index contributed by atoms with van der Waals surface area (Å²) in [5, 5.41) is 0. The Labute approximate surface area is 89.3 Å².